The first-order chi connectivity index (χ1) is 15.4. The molecule has 0 spiro atoms. The second-order valence-corrected chi connectivity index (χ2v) is 7.25. The molecule has 0 aromatic heterocycles. The van der Waals surface area contributed by atoms with Gasteiger partial charge in [0.05, 0.1) is 18.3 Å². The van der Waals surface area contributed by atoms with Gasteiger partial charge in [0.15, 0.2) is 0 Å². The molecule has 2 N–H and O–H groups in total. The van der Waals surface area contributed by atoms with Gasteiger partial charge in [0.1, 0.15) is 5.75 Å². The molecule has 3 aromatic carbocycles. The number of carbonyl (C=O) groups excluding carboxylic acids is 3. The summed E-state index contributed by atoms with van der Waals surface area (Å²) in [5.41, 5.74) is 4.85. The number of nitrogens with one attached hydrogen (secondary N) is 2. The van der Waals surface area contributed by atoms with E-state index in [1.165, 1.54) is 6.21 Å². The third-order valence-corrected chi connectivity index (χ3v) is 4.52. The Morgan fingerprint density at radius 2 is 1.69 bits per heavy atom. The van der Waals surface area contributed by atoms with Gasteiger partial charge in [-0.1, -0.05) is 29.3 Å². The van der Waals surface area contributed by atoms with Crippen LogP contribution in [0.5, 0.6) is 5.75 Å². The van der Waals surface area contributed by atoms with Crippen LogP contribution in [0.25, 0.3) is 0 Å². The van der Waals surface area contributed by atoms with Crippen LogP contribution >= 0.6 is 11.6 Å². The van der Waals surface area contributed by atoms with Crippen molar-refractivity contribution in [3.05, 3.63) is 100 Å². The lowest BCUT2D eigenvalue weighted by Crippen LogP contribution is -2.34. The maximum absolute atomic E-state index is 12.1. The molecular weight excluding hydrogens is 430 g/mol. The van der Waals surface area contributed by atoms with Crippen molar-refractivity contribution in [2.75, 3.05) is 6.54 Å². The molecule has 0 atom stereocenters. The summed E-state index contributed by atoms with van der Waals surface area (Å²) in [6.07, 6.45) is 1.44. The molecule has 0 saturated carbocycles. The number of benzene rings is 3. The second kappa shape index (κ2) is 10.9. The van der Waals surface area contributed by atoms with Crippen LogP contribution in [0.3, 0.4) is 0 Å². The number of aryl methyl sites for hydroxylation is 1. The first-order valence-corrected chi connectivity index (χ1v) is 10.0. The standard InChI is InChI=1S/C24H20ClN3O4/c1-16-3-2-4-19(13-16)23(30)26-15-22(29)28-27-14-17-5-11-21(12-6-17)32-24(31)18-7-9-20(25)10-8-18/h2-14H,15H2,1H3,(H,26,30)(H,28,29)/b27-14-. The van der Waals surface area contributed by atoms with Gasteiger partial charge >= 0.3 is 5.97 Å². The number of amides is 2. The van der Waals surface area contributed by atoms with Crippen molar-refractivity contribution in [1.29, 1.82) is 0 Å². The van der Waals surface area contributed by atoms with Gasteiger partial charge in [-0.2, -0.15) is 5.10 Å². The van der Waals surface area contributed by atoms with Crippen LogP contribution in [0.1, 0.15) is 31.8 Å². The summed E-state index contributed by atoms with van der Waals surface area (Å²) in [5, 5.41) is 6.93. The highest BCUT2D eigenvalue weighted by molar-refractivity contribution is 6.30. The quantitative estimate of drug-likeness (QED) is 0.248. The van der Waals surface area contributed by atoms with Gasteiger partial charge in [-0.3, -0.25) is 9.59 Å². The number of esters is 1. The van der Waals surface area contributed by atoms with Crippen LogP contribution in [0.15, 0.2) is 77.9 Å². The highest BCUT2D eigenvalue weighted by atomic mass is 35.5. The maximum Gasteiger partial charge on any atom is 0.343 e. The Labute approximate surface area is 190 Å². The van der Waals surface area contributed by atoms with Crippen molar-refractivity contribution >= 4 is 35.6 Å². The molecule has 0 radical (unpaired) electrons. The predicted molar refractivity (Wildman–Crippen MR) is 122 cm³/mol. The van der Waals surface area contributed by atoms with Gasteiger partial charge in [0.25, 0.3) is 11.8 Å². The number of carbonyl (C=O) groups is 3. The smallest absolute Gasteiger partial charge is 0.343 e. The van der Waals surface area contributed by atoms with Crippen LogP contribution in [0, 0.1) is 6.92 Å². The van der Waals surface area contributed by atoms with E-state index in [-0.39, 0.29) is 12.5 Å². The third-order valence-electron chi connectivity index (χ3n) is 4.26. The topological polar surface area (TPSA) is 96.9 Å². The molecule has 3 rings (SSSR count). The zero-order valence-corrected chi connectivity index (χ0v) is 17.9. The molecule has 0 aliphatic rings. The highest BCUT2D eigenvalue weighted by Gasteiger charge is 2.09. The number of hydrazone groups is 1. The Balaban J connectivity index is 1.45. The average Bonchev–Trinajstić information content (AvgIpc) is 2.79. The van der Waals surface area contributed by atoms with Crippen LogP contribution in [0.4, 0.5) is 0 Å². The van der Waals surface area contributed by atoms with Crippen molar-refractivity contribution in [3.63, 3.8) is 0 Å². The van der Waals surface area contributed by atoms with Crippen molar-refractivity contribution < 1.29 is 19.1 Å². The van der Waals surface area contributed by atoms with Crippen LogP contribution in [-0.4, -0.2) is 30.5 Å². The normalized spacial score (nSPS) is 10.6. The summed E-state index contributed by atoms with van der Waals surface area (Å²) in [5.74, 6) is -0.930. The predicted octanol–water partition coefficient (Wildman–Crippen LogP) is 3.75. The largest absolute Gasteiger partial charge is 0.423 e. The lowest BCUT2D eigenvalue weighted by molar-refractivity contribution is -0.120. The molecule has 0 fully saturated rings. The average molecular weight is 450 g/mol. The molecule has 0 heterocycles. The number of nitrogens with zero attached hydrogens (tertiary/aromatic N) is 1. The van der Waals surface area contributed by atoms with E-state index in [1.54, 1.807) is 66.7 Å². The molecule has 2 amide bonds. The van der Waals surface area contributed by atoms with Gasteiger partial charge in [-0.25, -0.2) is 10.2 Å². The van der Waals surface area contributed by atoms with Gasteiger partial charge in [-0.05, 0) is 73.2 Å². The maximum atomic E-state index is 12.1. The number of hydrogen-bond donors (Lipinski definition) is 2. The first-order valence-electron chi connectivity index (χ1n) is 9.65. The summed E-state index contributed by atoms with van der Waals surface area (Å²) in [6, 6.07) is 20.0. The molecule has 3 aromatic rings. The minimum atomic E-state index is -0.497. The Morgan fingerprint density at radius 3 is 2.38 bits per heavy atom. The lowest BCUT2D eigenvalue weighted by Gasteiger charge is -2.05. The van der Waals surface area contributed by atoms with E-state index in [9.17, 15) is 14.4 Å². The van der Waals surface area contributed by atoms with Crippen LogP contribution < -0.4 is 15.5 Å². The van der Waals surface area contributed by atoms with E-state index < -0.39 is 11.9 Å². The van der Waals surface area contributed by atoms with Crippen molar-refractivity contribution in [3.8, 4) is 5.75 Å². The number of halogens is 1. The number of hydrogen-bond acceptors (Lipinski definition) is 5. The Hall–Kier alpha value is -3.97. The lowest BCUT2D eigenvalue weighted by atomic mass is 10.1. The minimum Gasteiger partial charge on any atom is -0.423 e. The van der Waals surface area contributed by atoms with Gasteiger partial charge in [0.2, 0.25) is 0 Å². The fourth-order valence-electron chi connectivity index (χ4n) is 2.64. The van der Waals surface area contributed by atoms with E-state index in [1.807, 2.05) is 13.0 Å². The molecule has 0 bridgehead atoms. The summed E-state index contributed by atoms with van der Waals surface area (Å²) in [6.45, 7) is 1.68. The van der Waals surface area contributed by atoms with E-state index in [0.29, 0.717) is 27.5 Å². The molecule has 8 heteroatoms. The van der Waals surface area contributed by atoms with Gasteiger partial charge in [0, 0.05) is 10.6 Å². The molecule has 0 unspecified atom stereocenters. The summed E-state index contributed by atoms with van der Waals surface area (Å²) in [4.78, 5) is 36.0. The fraction of sp³-hybridized carbons (Fsp3) is 0.0833. The molecule has 0 aliphatic carbocycles. The van der Waals surface area contributed by atoms with Gasteiger partial charge in [-0.15, -0.1) is 0 Å². The molecular formula is C24H20ClN3O4. The van der Waals surface area contributed by atoms with Crippen molar-refractivity contribution in [2.45, 2.75) is 6.92 Å². The Kier molecular flexibility index (Phi) is 7.72. The zero-order valence-electron chi connectivity index (χ0n) is 17.2. The SMILES string of the molecule is Cc1cccc(C(=O)NCC(=O)N/N=C\c2ccc(OC(=O)c3ccc(Cl)cc3)cc2)c1. The Bertz CT molecular complexity index is 1140. The molecule has 32 heavy (non-hydrogen) atoms. The molecule has 162 valence electrons. The van der Waals surface area contributed by atoms with Crippen LogP contribution in [0.2, 0.25) is 5.02 Å². The van der Waals surface area contributed by atoms with Crippen molar-refractivity contribution in [2.24, 2.45) is 5.10 Å². The second-order valence-electron chi connectivity index (χ2n) is 6.81. The minimum absolute atomic E-state index is 0.205. The number of rotatable bonds is 7. The summed E-state index contributed by atoms with van der Waals surface area (Å²) >= 11 is 5.81. The summed E-state index contributed by atoms with van der Waals surface area (Å²) < 4.78 is 5.30. The Morgan fingerprint density at radius 1 is 0.969 bits per heavy atom. The monoisotopic (exact) mass is 449 g/mol. The third kappa shape index (κ3) is 6.78. The van der Waals surface area contributed by atoms with Crippen molar-refractivity contribution in [1.82, 2.24) is 10.7 Å². The fourth-order valence-corrected chi connectivity index (χ4v) is 2.77. The first kappa shape index (κ1) is 22.7. The number of ether oxygens (including phenoxy) is 1. The van der Waals surface area contributed by atoms with Crippen LogP contribution in [-0.2, 0) is 4.79 Å². The summed E-state index contributed by atoms with van der Waals surface area (Å²) in [7, 11) is 0. The van der Waals surface area contributed by atoms with Gasteiger partial charge < -0.3 is 10.1 Å². The van der Waals surface area contributed by atoms with E-state index in [4.69, 9.17) is 16.3 Å². The zero-order chi connectivity index (χ0) is 22.9. The highest BCUT2D eigenvalue weighted by Crippen LogP contribution is 2.15. The van der Waals surface area contributed by atoms with E-state index in [2.05, 4.69) is 15.8 Å². The molecule has 0 saturated heterocycles. The molecule has 7 nitrogen and oxygen atoms in total. The molecule has 0 aliphatic heterocycles. The van der Waals surface area contributed by atoms with E-state index >= 15 is 0 Å². The van der Waals surface area contributed by atoms with E-state index in [0.717, 1.165) is 5.56 Å².